The third-order valence-corrected chi connectivity index (χ3v) is 3.13. The summed E-state index contributed by atoms with van der Waals surface area (Å²) in [7, 11) is 0. The number of hydrogen-bond acceptors (Lipinski definition) is 3. The maximum Gasteiger partial charge on any atom is 0.123 e. The number of rotatable bonds is 4. The summed E-state index contributed by atoms with van der Waals surface area (Å²) in [6, 6.07) is 13.4. The lowest BCUT2D eigenvalue weighted by Gasteiger charge is -2.14. The topological polar surface area (TPSA) is 56.0 Å². The molecular weight excluding hydrogens is 255 g/mol. The number of anilines is 1. The van der Waals surface area contributed by atoms with Crippen LogP contribution in [0, 0.1) is 24.1 Å². The van der Waals surface area contributed by atoms with Crippen LogP contribution in [0.25, 0.3) is 0 Å². The van der Waals surface area contributed by atoms with Crippen molar-refractivity contribution in [2.24, 2.45) is 0 Å². The standard InChI is InChI=1S/C16H15FN2O/c1-11-3-2-4-15(14(11)9-18)19-10-16(20)12-5-7-13(17)8-6-12/h2-8,16,19-20H,10H2,1H3. The first-order valence-corrected chi connectivity index (χ1v) is 6.29. The van der Waals surface area contributed by atoms with Gasteiger partial charge in [0, 0.05) is 6.54 Å². The second-order valence-electron chi connectivity index (χ2n) is 4.56. The van der Waals surface area contributed by atoms with Gasteiger partial charge < -0.3 is 10.4 Å². The van der Waals surface area contributed by atoms with Crippen LogP contribution in [-0.2, 0) is 0 Å². The zero-order valence-corrected chi connectivity index (χ0v) is 11.1. The highest BCUT2D eigenvalue weighted by molar-refractivity contribution is 5.60. The van der Waals surface area contributed by atoms with Crippen molar-refractivity contribution >= 4 is 5.69 Å². The van der Waals surface area contributed by atoms with Gasteiger partial charge in [-0.15, -0.1) is 0 Å². The lowest BCUT2D eigenvalue weighted by atomic mass is 10.1. The fourth-order valence-electron chi connectivity index (χ4n) is 1.97. The molecule has 0 saturated heterocycles. The fraction of sp³-hybridized carbons (Fsp3) is 0.188. The molecule has 2 rings (SSSR count). The number of benzene rings is 2. The zero-order chi connectivity index (χ0) is 14.5. The monoisotopic (exact) mass is 270 g/mol. The number of halogens is 1. The Bertz CT molecular complexity index is 632. The summed E-state index contributed by atoms with van der Waals surface area (Å²) >= 11 is 0. The van der Waals surface area contributed by atoms with Gasteiger partial charge in [0.25, 0.3) is 0 Å². The molecule has 0 amide bonds. The predicted molar refractivity (Wildman–Crippen MR) is 75.7 cm³/mol. The summed E-state index contributed by atoms with van der Waals surface area (Å²) in [4.78, 5) is 0. The smallest absolute Gasteiger partial charge is 0.123 e. The molecule has 4 heteroatoms. The van der Waals surface area contributed by atoms with Gasteiger partial charge in [0.2, 0.25) is 0 Å². The van der Waals surface area contributed by atoms with E-state index in [9.17, 15) is 9.50 Å². The lowest BCUT2D eigenvalue weighted by Crippen LogP contribution is -2.13. The van der Waals surface area contributed by atoms with Gasteiger partial charge in [0.1, 0.15) is 11.9 Å². The van der Waals surface area contributed by atoms with E-state index in [4.69, 9.17) is 5.26 Å². The number of aliphatic hydroxyl groups excluding tert-OH is 1. The van der Waals surface area contributed by atoms with Crippen molar-refractivity contribution in [2.45, 2.75) is 13.0 Å². The first-order chi connectivity index (χ1) is 9.61. The molecule has 0 saturated carbocycles. The summed E-state index contributed by atoms with van der Waals surface area (Å²) < 4.78 is 12.8. The van der Waals surface area contributed by atoms with Crippen molar-refractivity contribution in [3.8, 4) is 6.07 Å². The van der Waals surface area contributed by atoms with Gasteiger partial charge in [0.05, 0.1) is 17.4 Å². The molecule has 0 aromatic heterocycles. The molecule has 2 aromatic rings. The van der Waals surface area contributed by atoms with E-state index in [1.807, 2.05) is 19.1 Å². The first kappa shape index (κ1) is 14.0. The molecule has 0 heterocycles. The van der Waals surface area contributed by atoms with Crippen molar-refractivity contribution in [3.05, 3.63) is 65.0 Å². The highest BCUT2D eigenvalue weighted by Gasteiger charge is 2.09. The van der Waals surface area contributed by atoms with Crippen LogP contribution in [0.15, 0.2) is 42.5 Å². The number of nitrogens with one attached hydrogen (secondary N) is 1. The number of nitrogens with zero attached hydrogens (tertiary/aromatic N) is 1. The quantitative estimate of drug-likeness (QED) is 0.897. The SMILES string of the molecule is Cc1cccc(NCC(O)c2ccc(F)cc2)c1C#N. The Labute approximate surface area is 117 Å². The van der Waals surface area contributed by atoms with Gasteiger partial charge in [-0.2, -0.15) is 5.26 Å². The Morgan fingerprint density at radius 3 is 2.60 bits per heavy atom. The van der Waals surface area contributed by atoms with E-state index >= 15 is 0 Å². The second-order valence-corrected chi connectivity index (χ2v) is 4.56. The fourth-order valence-corrected chi connectivity index (χ4v) is 1.97. The van der Waals surface area contributed by atoms with Crippen LogP contribution in [0.5, 0.6) is 0 Å². The van der Waals surface area contributed by atoms with E-state index < -0.39 is 6.10 Å². The molecule has 3 nitrogen and oxygen atoms in total. The molecule has 0 spiro atoms. The van der Waals surface area contributed by atoms with E-state index in [2.05, 4.69) is 11.4 Å². The minimum absolute atomic E-state index is 0.254. The molecule has 0 bridgehead atoms. The lowest BCUT2D eigenvalue weighted by molar-refractivity contribution is 0.191. The number of nitriles is 1. The normalized spacial score (nSPS) is 11.7. The van der Waals surface area contributed by atoms with Gasteiger partial charge in [-0.1, -0.05) is 24.3 Å². The van der Waals surface area contributed by atoms with E-state index in [1.54, 1.807) is 18.2 Å². The van der Waals surface area contributed by atoms with Crippen molar-refractivity contribution in [2.75, 3.05) is 11.9 Å². The van der Waals surface area contributed by atoms with Crippen molar-refractivity contribution in [1.82, 2.24) is 0 Å². The van der Waals surface area contributed by atoms with Crippen LogP contribution in [0.3, 0.4) is 0 Å². The van der Waals surface area contributed by atoms with E-state index in [0.29, 0.717) is 16.8 Å². The van der Waals surface area contributed by atoms with Crippen LogP contribution in [0.1, 0.15) is 22.8 Å². The summed E-state index contributed by atoms with van der Waals surface area (Å²) in [5.41, 5.74) is 2.77. The van der Waals surface area contributed by atoms with Gasteiger partial charge in [-0.25, -0.2) is 4.39 Å². The molecule has 1 unspecified atom stereocenters. The average molecular weight is 270 g/mol. The Morgan fingerprint density at radius 1 is 1.25 bits per heavy atom. The molecule has 1 atom stereocenters. The van der Waals surface area contributed by atoms with Gasteiger partial charge in [-0.3, -0.25) is 0 Å². The first-order valence-electron chi connectivity index (χ1n) is 6.29. The predicted octanol–water partition coefficient (Wildman–Crippen LogP) is 3.15. The van der Waals surface area contributed by atoms with Crippen molar-refractivity contribution in [3.63, 3.8) is 0 Å². The van der Waals surface area contributed by atoms with Gasteiger partial charge in [0.15, 0.2) is 0 Å². The maximum atomic E-state index is 12.8. The summed E-state index contributed by atoms with van der Waals surface area (Å²) in [5.74, 6) is -0.334. The van der Waals surface area contributed by atoms with Gasteiger partial charge >= 0.3 is 0 Å². The Morgan fingerprint density at radius 2 is 1.95 bits per heavy atom. The molecular formula is C16H15FN2O. The average Bonchev–Trinajstić information content (AvgIpc) is 2.45. The van der Waals surface area contributed by atoms with Crippen LogP contribution < -0.4 is 5.32 Å². The molecule has 102 valence electrons. The molecule has 2 aromatic carbocycles. The van der Waals surface area contributed by atoms with Crippen LogP contribution in [0.2, 0.25) is 0 Å². The van der Waals surface area contributed by atoms with Crippen LogP contribution in [0.4, 0.5) is 10.1 Å². The molecule has 0 aliphatic carbocycles. The molecule has 0 aliphatic rings. The van der Waals surface area contributed by atoms with Gasteiger partial charge in [-0.05, 0) is 36.2 Å². The Balaban J connectivity index is 2.07. The zero-order valence-electron chi connectivity index (χ0n) is 11.1. The van der Waals surface area contributed by atoms with Crippen molar-refractivity contribution < 1.29 is 9.50 Å². The third kappa shape index (κ3) is 3.14. The van der Waals surface area contributed by atoms with E-state index in [-0.39, 0.29) is 12.4 Å². The minimum Gasteiger partial charge on any atom is -0.387 e. The second kappa shape index (κ2) is 6.18. The minimum atomic E-state index is -0.761. The Hall–Kier alpha value is -2.38. The number of aryl methyl sites for hydroxylation is 1. The number of hydrogen-bond donors (Lipinski definition) is 2. The maximum absolute atomic E-state index is 12.8. The highest BCUT2D eigenvalue weighted by Crippen LogP contribution is 2.20. The molecule has 0 aliphatic heterocycles. The number of aliphatic hydroxyl groups is 1. The van der Waals surface area contributed by atoms with Crippen LogP contribution >= 0.6 is 0 Å². The molecule has 2 N–H and O–H groups in total. The largest absolute Gasteiger partial charge is 0.387 e. The van der Waals surface area contributed by atoms with Crippen LogP contribution in [-0.4, -0.2) is 11.7 Å². The summed E-state index contributed by atoms with van der Waals surface area (Å²) in [6.07, 6.45) is -0.761. The third-order valence-electron chi connectivity index (χ3n) is 3.13. The Kier molecular flexibility index (Phi) is 4.34. The van der Waals surface area contributed by atoms with E-state index in [1.165, 1.54) is 12.1 Å². The van der Waals surface area contributed by atoms with Crippen molar-refractivity contribution in [1.29, 1.82) is 5.26 Å². The molecule has 20 heavy (non-hydrogen) atoms. The summed E-state index contributed by atoms with van der Waals surface area (Å²) in [5, 5.41) is 22.2. The summed E-state index contributed by atoms with van der Waals surface area (Å²) in [6.45, 7) is 2.11. The molecule has 0 fully saturated rings. The highest BCUT2D eigenvalue weighted by atomic mass is 19.1. The molecule has 0 radical (unpaired) electrons. The van der Waals surface area contributed by atoms with E-state index in [0.717, 1.165) is 5.56 Å².